The lowest BCUT2D eigenvalue weighted by atomic mass is 10.3. The normalized spacial score (nSPS) is 14.6. The number of rotatable bonds is 8. The van der Waals surface area contributed by atoms with Crippen LogP contribution >= 0.6 is 0 Å². The third-order valence-electron chi connectivity index (χ3n) is 2.86. The number of hydrogen-bond acceptors (Lipinski definition) is 3. The van der Waals surface area contributed by atoms with Gasteiger partial charge in [-0.05, 0) is 46.3 Å². The fraction of sp³-hybridized carbons (Fsp3) is 0.833. The van der Waals surface area contributed by atoms with Gasteiger partial charge in [0.25, 0.3) is 0 Å². The third kappa shape index (κ3) is 5.86. The van der Waals surface area contributed by atoms with Crippen molar-refractivity contribution in [2.45, 2.75) is 31.7 Å². The van der Waals surface area contributed by atoms with Gasteiger partial charge < -0.3 is 20.2 Å². The third-order valence-corrected chi connectivity index (χ3v) is 2.86. The van der Waals surface area contributed by atoms with Crippen molar-refractivity contribution in [1.82, 2.24) is 15.1 Å². The van der Waals surface area contributed by atoms with Gasteiger partial charge >= 0.3 is 12.0 Å². The molecule has 0 aromatic rings. The Balaban J connectivity index is 2.18. The van der Waals surface area contributed by atoms with E-state index in [4.69, 9.17) is 5.11 Å². The van der Waals surface area contributed by atoms with Crippen LogP contribution in [0.3, 0.4) is 0 Å². The van der Waals surface area contributed by atoms with Crippen LogP contribution in [0.2, 0.25) is 0 Å². The molecule has 1 aliphatic rings. The molecule has 1 fully saturated rings. The van der Waals surface area contributed by atoms with Crippen LogP contribution < -0.4 is 5.32 Å². The highest BCUT2D eigenvalue weighted by Gasteiger charge is 2.33. The molecule has 104 valence electrons. The molecular weight excluding hydrogens is 234 g/mol. The van der Waals surface area contributed by atoms with Gasteiger partial charge in [-0.1, -0.05) is 0 Å². The molecule has 1 aliphatic carbocycles. The first-order valence-electron chi connectivity index (χ1n) is 6.41. The van der Waals surface area contributed by atoms with E-state index in [2.05, 4.69) is 10.2 Å². The van der Waals surface area contributed by atoms with Crippen LogP contribution in [0.1, 0.15) is 25.7 Å². The molecule has 18 heavy (non-hydrogen) atoms. The number of hydrogen-bond donors (Lipinski definition) is 2. The van der Waals surface area contributed by atoms with Crippen LogP contribution in [0.4, 0.5) is 4.79 Å². The minimum Gasteiger partial charge on any atom is -0.480 e. The van der Waals surface area contributed by atoms with Crippen molar-refractivity contribution >= 4 is 12.0 Å². The van der Waals surface area contributed by atoms with Crippen molar-refractivity contribution in [3.05, 3.63) is 0 Å². The number of carbonyl (C=O) groups excluding carboxylic acids is 1. The summed E-state index contributed by atoms with van der Waals surface area (Å²) in [5, 5.41) is 11.5. The number of carbonyl (C=O) groups is 2. The molecule has 0 aliphatic heterocycles. The highest BCUT2D eigenvalue weighted by molar-refractivity contribution is 5.80. The molecule has 2 amide bonds. The smallest absolute Gasteiger partial charge is 0.323 e. The largest absolute Gasteiger partial charge is 0.480 e. The quantitative estimate of drug-likeness (QED) is 0.624. The molecule has 0 aromatic heterocycles. The van der Waals surface area contributed by atoms with Gasteiger partial charge in [0.15, 0.2) is 0 Å². The summed E-state index contributed by atoms with van der Waals surface area (Å²) in [5.41, 5.74) is 0. The number of unbranched alkanes of at least 4 members (excludes halogenated alkanes) is 1. The van der Waals surface area contributed by atoms with Gasteiger partial charge in [-0.2, -0.15) is 0 Å². The average Bonchev–Trinajstić information content (AvgIpc) is 3.08. The van der Waals surface area contributed by atoms with Crippen LogP contribution in [0, 0.1) is 0 Å². The number of nitrogens with zero attached hydrogens (tertiary/aromatic N) is 2. The molecule has 0 bridgehead atoms. The highest BCUT2D eigenvalue weighted by Crippen LogP contribution is 2.26. The van der Waals surface area contributed by atoms with E-state index in [9.17, 15) is 9.59 Å². The monoisotopic (exact) mass is 257 g/mol. The van der Waals surface area contributed by atoms with Crippen LogP contribution in [-0.4, -0.2) is 66.7 Å². The molecule has 1 rings (SSSR count). The summed E-state index contributed by atoms with van der Waals surface area (Å²) in [6.45, 7) is 1.40. The van der Waals surface area contributed by atoms with E-state index in [1.165, 1.54) is 4.90 Å². The Labute approximate surface area is 108 Å². The summed E-state index contributed by atoms with van der Waals surface area (Å²) >= 11 is 0. The first-order chi connectivity index (χ1) is 8.50. The molecule has 0 radical (unpaired) electrons. The maximum absolute atomic E-state index is 11.8. The zero-order chi connectivity index (χ0) is 13.5. The molecule has 0 heterocycles. The molecule has 6 nitrogen and oxygen atoms in total. The van der Waals surface area contributed by atoms with E-state index < -0.39 is 5.97 Å². The first kappa shape index (κ1) is 14.8. The van der Waals surface area contributed by atoms with Crippen LogP contribution in [0.25, 0.3) is 0 Å². The molecule has 1 saturated carbocycles. The molecule has 0 unspecified atom stereocenters. The number of amides is 2. The Morgan fingerprint density at radius 1 is 1.28 bits per heavy atom. The van der Waals surface area contributed by atoms with Gasteiger partial charge in [0.05, 0.1) is 0 Å². The Bertz CT molecular complexity index is 290. The lowest BCUT2D eigenvalue weighted by Gasteiger charge is -2.20. The van der Waals surface area contributed by atoms with E-state index in [1.54, 1.807) is 0 Å². The maximum atomic E-state index is 11.8. The summed E-state index contributed by atoms with van der Waals surface area (Å²) in [4.78, 5) is 26.0. The van der Waals surface area contributed by atoms with Crippen molar-refractivity contribution in [3.63, 3.8) is 0 Å². The lowest BCUT2D eigenvalue weighted by molar-refractivity contribution is -0.137. The minimum atomic E-state index is -0.954. The topological polar surface area (TPSA) is 72.9 Å². The van der Waals surface area contributed by atoms with E-state index in [0.717, 1.165) is 32.2 Å². The van der Waals surface area contributed by atoms with Crippen LogP contribution in [0.15, 0.2) is 0 Å². The summed E-state index contributed by atoms with van der Waals surface area (Å²) in [6.07, 6.45) is 3.77. The highest BCUT2D eigenvalue weighted by atomic mass is 16.4. The predicted octanol–water partition coefficient (Wildman–Crippen LogP) is 0.587. The number of carboxylic acid groups (broad SMARTS) is 1. The molecule has 0 aromatic carbocycles. The van der Waals surface area contributed by atoms with Crippen LogP contribution in [-0.2, 0) is 4.79 Å². The average molecular weight is 257 g/mol. The van der Waals surface area contributed by atoms with Crippen molar-refractivity contribution in [2.75, 3.05) is 33.7 Å². The summed E-state index contributed by atoms with van der Waals surface area (Å²) in [5.74, 6) is -0.954. The number of urea groups is 1. The van der Waals surface area contributed by atoms with E-state index in [1.807, 2.05) is 14.1 Å². The minimum absolute atomic E-state index is 0.128. The second kappa shape index (κ2) is 7.20. The van der Waals surface area contributed by atoms with E-state index >= 15 is 0 Å². The zero-order valence-corrected chi connectivity index (χ0v) is 11.2. The molecule has 0 spiro atoms. The van der Waals surface area contributed by atoms with Crippen LogP contribution in [0.5, 0.6) is 0 Å². The maximum Gasteiger partial charge on any atom is 0.323 e. The van der Waals surface area contributed by atoms with Gasteiger partial charge in [-0.25, -0.2) is 4.79 Å². The first-order valence-corrected chi connectivity index (χ1v) is 6.41. The fourth-order valence-electron chi connectivity index (χ4n) is 1.75. The Morgan fingerprint density at radius 3 is 2.44 bits per heavy atom. The van der Waals surface area contributed by atoms with Gasteiger partial charge in [0.2, 0.25) is 0 Å². The van der Waals surface area contributed by atoms with Gasteiger partial charge in [-0.3, -0.25) is 4.79 Å². The number of carboxylic acids is 1. The Morgan fingerprint density at radius 2 is 1.94 bits per heavy atom. The lowest BCUT2D eigenvalue weighted by Crippen LogP contribution is -2.44. The summed E-state index contributed by atoms with van der Waals surface area (Å²) < 4.78 is 0. The summed E-state index contributed by atoms with van der Waals surface area (Å²) in [6, 6.07) is -0.118. The van der Waals surface area contributed by atoms with Crippen molar-refractivity contribution in [1.29, 1.82) is 0 Å². The second-order valence-electron chi connectivity index (χ2n) is 5.00. The Hall–Kier alpha value is -1.30. The fourth-order valence-corrected chi connectivity index (χ4v) is 1.75. The summed E-state index contributed by atoms with van der Waals surface area (Å²) in [7, 11) is 4.03. The van der Waals surface area contributed by atoms with Gasteiger partial charge in [0, 0.05) is 12.6 Å². The van der Waals surface area contributed by atoms with Crippen molar-refractivity contribution in [3.8, 4) is 0 Å². The zero-order valence-electron chi connectivity index (χ0n) is 11.2. The van der Waals surface area contributed by atoms with Gasteiger partial charge in [-0.15, -0.1) is 0 Å². The SMILES string of the molecule is CN(C)CCCCNC(=O)N(CC(=O)O)C1CC1. The Kier molecular flexibility index (Phi) is 5.91. The standard InChI is InChI=1S/C12H23N3O3/c1-14(2)8-4-3-7-13-12(18)15(9-11(16)17)10-5-6-10/h10H,3-9H2,1-2H3,(H,13,18)(H,16,17). The molecule has 0 atom stereocenters. The predicted molar refractivity (Wildman–Crippen MR) is 68.6 cm³/mol. The molecule has 0 saturated heterocycles. The second-order valence-corrected chi connectivity index (χ2v) is 5.00. The van der Waals surface area contributed by atoms with E-state index in [0.29, 0.717) is 6.54 Å². The van der Waals surface area contributed by atoms with Gasteiger partial charge in [0.1, 0.15) is 6.54 Å². The molecule has 6 heteroatoms. The number of aliphatic carboxylic acids is 1. The molecular formula is C12H23N3O3. The number of nitrogens with one attached hydrogen (secondary N) is 1. The van der Waals surface area contributed by atoms with E-state index in [-0.39, 0.29) is 18.6 Å². The van der Waals surface area contributed by atoms with Crippen molar-refractivity contribution in [2.24, 2.45) is 0 Å². The molecule has 2 N–H and O–H groups in total. The van der Waals surface area contributed by atoms with Crippen molar-refractivity contribution < 1.29 is 14.7 Å².